The highest BCUT2D eigenvalue weighted by Gasteiger charge is 2.47. The largest absolute Gasteiger partial charge is 0.481 e. The number of carbonyl (C=O) groups is 1. The van der Waals surface area contributed by atoms with Crippen LogP contribution in [-0.2, 0) is 36.8 Å². The number of nitrogens with two attached hydrogens (primary N) is 2. The fourth-order valence-electron chi connectivity index (χ4n) is 4.39. The van der Waals surface area contributed by atoms with Crippen molar-refractivity contribution in [3.8, 4) is 0 Å². The number of anilines is 1. The molecule has 5 heterocycles. The number of aliphatic hydroxyl groups excluding tert-OH is 2. The number of amides is 1. The number of nitrogen functional groups attached to an aromatic ring is 1. The molecule has 4 unspecified atom stereocenters. The molecule has 1 aromatic heterocycles. The number of thiol groups is 1. The average molecular weight is 701 g/mol. The van der Waals surface area contributed by atoms with Crippen LogP contribution in [0, 0.1) is 0 Å². The molecule has 242 valence electrons. The Morgan fingerprint density at radius 3 is 2.39 bits per heavy atom. The molecule has 44 heavy (non-hydrogen) atoms. The smallest absolute Gasteiger partial charge is 0.387 e. The molecule has 1 amide bonds. The number of aliphatic hydroxyl groups is 2. The van der Waals surface area contributed by atoms with Gasteiger partial charge < -0.3 is 51.2 Å². The molecule has 0 spiro atoms. The van der Waals surface area contributed by atoms with Gasteiger partial charge in [0.25, 0.3) is 5.91 Å². The predicted molar refractivity (Wildman–Crippen MR) is 152 cm³/mol. The second-order valence-corrected chi connectivity index (χ2v) is 13.6. The van der Waals surface area contributed by atoms with Crippen LogP contribution in [0.2, 0.25) is 0 Å². The van der Waals surface area contributed by atoms with Gasteiger partial charge in [0.1, 0.15) is 41.8 Å². The van der Waals surface area contributed by atoms with Gasteiger partial charge in [0.05, 0.1) is 23.3 Å². The molecule has 0 bridgehead atoms. The minimum Gasteiger partial charge on any atom is -0.387 e. The Balaban J connectivity index is 1.16. The summed E-state index contributed by atoms with van der Waals surface area (Å²) < 4.78 is 50.8. The number of phosphoric ester groups is 2. The lowest BCUT2D eigenvalue weighted by atomic mass is 10.0. The summed E-state index contributed by atoms with van der Waals surface area (Å²) in [5, 5.41) is 27.7. The van der Waals surface area contributed by atoms with Crippen molar-refractivity contribution in [2.24, 2.45) is 10.7 Å². The topological polar surface area (TPSA) is 314 Å². The molecular formula is C19H26N8O13P2S2. The first kappa shape index (κ1) is 33.0. The van der Waals surface area contributed by atoms with Crippen molar-refractivity contribution < 1.29 is 56.8 Å². The average Bonchev–Trinajstić information content (AvgIpc) is 3.20. The highest BCUT2D eigenvalue weighted by molar-refractivity contribution is 7.88. The first-order chi connectivity index (χ1) is 20.5. The molecule has 21 nitrogen and oxygen atoms in total. The van der Waals surface area contributed by atoms with Crippen LogP contribution < -0.4 is 33.1 Å². The Bertz CT molecular complexity index is 1580. The predicted octanol–water partition coefficient (Wildman–Crippen LogP) is -3.74. The summed E-state index contributed by atoms with van der Waals surface area (Å²) in [5.41, 5.74) is 10.3. The van der Waals surface area contributed by atoms with E-state index >= 15 is 0 Å². The number of nitrogens with one attached hydrogen (secondary N) is 3. The minimum atomic E-state index is -5.36. The maximum atomic E-state index is 12.5. The zero-order valence-corrected chi connectivity index (χ0v) is 25.4. The monoisotopic (exact) mass is 700 g/mol. The molecule has 2 saturated heterocycles. The van der Waals surface area contributed by atoms with E-state index in [0.717, 1.165) is 10.8 Å². The number of ether oxygens (including phenoxy) is 2. The van der Waals surface area contributed by atoms with E-state index in [0.29, 0.717) is 0 Å². The van der Waals surface area contributed by atoms with Gasteiger partial charge in [-0.15, -0.1) is 0 Å². The third-order valence-electron chi connectivity index (χ3n) is 6.45. The highest BCUT2D eigenvalue weighted by Crippen LogP contribution is 2.60. The summed E-state index contributed by atoms with van der Waals surface area (Å²) in [7, 11) is -10.7. The Morgan fingerprint density at radius 1 is 1.07 bits per heavy atom. The van der Waals surface area contributed by atoms with Gasteiger partial charge in [-0.25, -0.2) is 18.9 Å². The molecule has 1 aromatic rings. The number of hydrogen-bond donors (Lipinski definition) is 10. The summed E-state index contributed by atoms with van der Waals surface area (Å²) >= 11 is 9.73. The quantitative estimate of drug-likeness (QED) is 0.0672. The van der Waals surface area contributed by atoms with Gasteiger partial charge in [-0.3, -0.25) is 24.1 Å². The van der Waals surface area contributed by atoms with Gasteiger partial charge in [0.15, 0.2) is 24.4 Å². The van der Waals surface area contributed by atoms with Crippen LogP contribution in [0.4, 0.5) is 5.82 Å². The molecular weight excluding hydrogens is 674 g/mol. The van der Waals surface area contributed by atoms with Gasteiger partial charge >= 0.3 is 21.3 Å². The number of aliphatic imine (C=N–C) groups is 1. The summed E-state index contributed by atoms with van der Waals surface area (Å²) in [5.74, 6) is -0.520. The third kappa shape index (κ3) is 6.90. The Labute approximate surface area is 257 Å². The lowest BCUT2D eigenvalue weighted by molar-refractivity contribution is -0.119. The van der Waals surface area contributed by atoms with Crippen molar-refractivity contribution in [1.82, 2.24) is 25.5 Å². The fraction of sp³-hybridized carbons (Fsp3) is 0.526. The summed E-state index contributed by atoms with van der Waals surface area (Å²) in [6.45, 7) is -1.66. The van der Waals surface area contributed by atoms with Crippen molar-refractivity contribution in [3.05, 3.63) is 34.3 Å². The number of carbonyl (C=O) groups excluding carboxylic acids is 1. The van der Waals surface area contributed by atoms with Crippen LogP contribution in [0.15, 0.2) is 33.6 Å². The van der Waals surface area contributed by atoms with Gasteiger partial charge in [-0.2, -0.15) is 21.9 Å². The van der Waals surface area contributed by atoms with E-state index in [1.54, 1.807) is 0 Å². The van der Waals surface area contributed by atoms with E-state index in [4.69, 9.17) is 37.7 Å². The zero-order valence-electron chi connectivity index (χ0n) is 21.9. The van der Waals surface area contributed by atoms with Gasteiger partial charge in [-0.05, 0) is 6.07 Å². The van der Waals surface area contributed by atoms with Gasteiger partial charge in [0.2, 0.25) is 0 Å². The summed E-state index contributed by atoms with van der Waals surface area (Å²) in [6.07, 6.45) is -8.27. The van der Waals surface area contributed by atoms with Crippen molar-refractivity contribution in [1.29, 1.82) is 0 Å². The van der Waals surface area contributed by atoms with E-state index in [-0.39, 0.29) is 27.9 Å². The molecule has 4 aliphatic heterocycles. The Kier molecular flexibility index (Phi) is 9.35. The van der Waals surface area contributed by atoms with Crippen LogP contribution in [0.25, 0.3) is 0 Å². The van der Waals surface area contributed by atoms with Crippen LogP contribution in [0.1, 0.15) is 6.23 Å². The van der Waals surface area contributed by atoms with Crippen LogP contribution in [0.5, 0.6) is 0 Å². The van der Waals surface area contributed by atoms with Crippen molar-refractivity contribution >= 4 is 62.8 Å². The number of aromatic nitrogens is 2. The molecule has 4 aliphatic rings. The maximum Gasteiger partial charge on any atom is 0.481 e. The van der Waals surface area contributed by atoms with E-state index in [1.807, 2.05) is 0 Å². The molecule has 0 radical (unpaired) electrons. The molecule has 11 N–H and O–H groups in total. The Morgan fingerprint density at radius 2 is 1.73 bits per heavy atom. The molecule has 10 atom stereocenters. The maximum absolute atomic E-state index is 12.5. The SMILES string of the molecule is Nc1ccn([C@@H]2O[C@H](COP(=O)(O)OP(=O)(O)OC[C@H]3O[C@H]4NC5=C(N=C4C(=S)C3S)C(=O)NC(N)N5)[C@@H](O)[C@H]2O)c(=O)n1. The fourth-order valence-corrected chi connectivity index (χ4v) is 7.07. The van der Waals surface area contributed by atoms with Gasteiger partial charge in [0, 0.05) is 6.20 Å². The highest BCUT2D eigenvalue weighted by atomic mass is 32.1. The third-order valence-corrected chi connectivity index (χ3v) is 10.3. The number of thiocarbonyl (C=S) groups is 1. The van der Waals surface area contributed by atoms with Crippen molar-refractivity contribution in [2.45, 2.75) is 48.4 Å². The van der Waals surface area contributed by atoms with E-state index < -0.39 is 88.9 Å². The standard InChI is InChI=1S/C19H26N8O13P2S2/c20-7-1-2-27(19(31)22-7)17-11(29)10(28)5(39-17)3-36-41(32,33)40-42(34,35)37-4-6-12(43)13(44)8-16(38-6)24-14-9(23-8)15(30)26-18(21)25-14/h1-2,5-6,10-12,16-18,24-25,28-29,43H,3-4,21H2,(H,26,30)(H,32,33)(H,34,35)(H2,20,22,31)/t5-,6-,10-,11-,12?,16-,17-,18?/m1/s1. The first-order valence-corrected chi connectivity index (χ1v) is 16.3. The Hall–Kier alpha value is -2.34. The summed E-state index contributed by atoms with van der Waals surface area (Å²) in [4.78, 5) is 52.2. The molecule has 0 saturated carbocycles. The van der Waals surface area contributed by atoms with Crippen molar-refractivity contribution in [2.75, 3.05) is 18.9 Å². The number of hydrogen-bond acceptors (Lipinski definition) is 19. The number of nitrogens with zero attached hydrogens (tertiary/aromatic N) is 3. The lowest BCUT2D eigenvalue weighted by Gasteiger charge is -2.40. The number of rotatable bonds is 9. The zero-order chi connectivity index (χ0) is 32.1. The lowest BCUT2D eigenvalue weighted by Crippen LogP contribution is -2.64. The van der Waals surface area contributed by atoms with Gasteiger partial charge in [-0.1, -0.05) is 12.2 Å². The van der Waals surface area contributed by atoms with E-state index in [2.05, 4.69) is 47.4 Å². The van der Waals surface area contributed by atoms with Crippen LogP contribution in [0.3, 0.4) is 0 Å². The van der Waals surface area contributed by atoms with E-state index in [9.17, 15) is 38.7 Å². The minimum absolute atomic E-state index is 0.0252. The first-order valence-electron chi connectivity index (χ1n) is 12.4. The summed E-state index contributed by atoms with van der Waals surface area (Å²) in [6, 6.07) is 1.24. The normalized spacial score (nSPS) is 34.5. The number of fused-ring (bicyclic) bond motifs is 1. The molecule has 0 aliphatic carbocycles. The number of phosphoric acid groups is 2. The molecule has 25 heteroatoms. The van der Waals surface area contributed by atoms with Crippen LogP contribution >= 0.6 is 40.5 Å². The van der Waals surface area contributed by atoms with E-state index in [1.165, 1.54) is 6.07 Å². The second-order valence-electron chi connectivity index (χ2n) is 9.52. The van der Waals surface area contributed by atoms with Crippen molar-refractivity contribution in [3.63, 3.8) is 0 Å². The second kappa shape index (κ2) is 12.5. The molecule has 2 fully saturated rings. The van der Waals surface area contributed by atoms with Crippen LogP contribution in [-0.4, -0.2) is 101 Å². The molecule has 0 aromatic carbocycles. The molecule has 5 rings (SSSR count).